The molecule has 0 amide bonds. The highest BCUT2D eigenvalue weighted by atomic mass is 14.0. The molecule has 0 heteroatoms. The number of hydrogen-bond acceptors (Lipinski definition) is 0. The second kappa shape index (κ2) is 5.37. The Balaban J connectivity index is 2.37. The lowest BCUT2D eigenvalue weighted by Gasteiger charge is -2.00. The maximum Gasteiger partial charge on any atom is 0.0280 e. The molecule has 0 radical (unpaired) electrons. The van der Waals surface area contributed by atoms with Gasteiger partial charge in [0.05, 0.1) is 0 Å². The highest BCUT2D eigenvalue weighted by Crippen LogP contribution is 2.09. The number of rotatable bonds is 1. The minimum atomic E-state index is 1.03. The Labute approximate surface area is 103 Å². The summed E-state index contributed by atoms with van der Waals surface area (Å²) in [6.45, 7) is 4.25. The van der Waals surface area contributed by atoms with E-state index in [1.807, 2.05) is 18.2 Å². The fraction of sp³-hybridized carbons (Fsp3) is 0.176. The van der Waals surface area contributed by atoms with Crippen molar-refractivity contribution >= 4 is 0 Å². The zero-order valence-electron chi connectivity index (χ0n) is 10.3. The normalized spacial score (nSPS) is 9.53. The Hall–Kier alpha value is -2.00. The summed E-state index contributed by atoms with van der Waals surface area (Å²) in [6.07, 6.45) is 1.03. The Morgan fingerprint density at radius 3 is 2.12 bits per heavy atom. The molecule has 0 bridgehead atoms. The van der Waals surface area contributed by atoms with Crippen LogP contribution in [0.4, 0.5) is 0 Å². The lowest BCUT2D eigenvalue weighted by molar-refractivity contribution is 1.13. The predicted molar refractivity (Wildman–Crippen MR) is 73.0 cm³/mol. The van der Waals surface area contributed by atoms with E-state index in [0.717, 1.165) is 17.5 Å². The molecule has 0 aliphatic heterocycles. The van der Waals surface area contributed by atoms with Gasteiger partial charge >= 0.3 is 0 Å². The third kappa shape index (κ3) is 2.77. The summed E-state index contributed by atoms with van der Waals surface area (Å²) in [4.78, 5) is 0. The van der Waals surface area contributed by atoms with Gasteiger partial charge in [0.15, 0.2) is 0 Å². The average Bonchev–Trinajstić information content (AvgIpc) is 2.38. The number of benzene rings is 2. The molecule has 0 spiro atoms. The SMILES string of the molecule is CCc1ccccc1C#Cc1ccccc1C. The molecule has 84 valence electrons. The number of hydrogen-bond donors (Lipinski definition) is 0. The summed E-state index contributed by atoms with van der Waals surface area (Å²) >= 11 is 0. The maximum atomic E-state index is 3.27. The van der Waals surface area contributed by atoms with Crippen LogP contribution in [0, 0.1) is 18.8 Å². The third-order valence-electron chi connectivity index (χ3n) is 2.88. The highest BCUT2D eigenvalue weighted by Gasteiger charge is 1.95. The molecule has 0 aliphatic carbocycles. The van der Waals surface area contributed by atoms with Gasteiger partial charge in [-0.05, 0) is 36.6 Å². The van der Waals surface area contributed by atoms with Crippen molar-refractivity contribution in [3.05, 3.63) is 70.8 Å². The van der Waals surface area contributed by atoms with Crippen LogP contribution in [0.25, 0.3) is 0 Å². The smallest absolute Gasteiger partial charge is 0.0280 e. The van der Waals surface area contributed by atoms with Crippen molar-refractivity contribution in [2.45, 2.75) is 20.3 Å². The van der Waals surface area contributed by atoms with Gasteiger partial charge in [0.25, 0.3) is 0 Å². The van der Waals surface area contributed by atoms with E-state index in [9.17, 15) is 0 Å². The van der Waals surface area contributed by atoms with Crippen LogP contribution in [0.2, 0.25) is 0 Å². The molecule has 0 nitrogen and oxygen atoms in total. The maximum absolute atomic E-state index is 3.27. The molecular formula is C17H16. The molecule has 0 heterocycles. The minimum absolute atomic E-state index is 1.03. The summed E-state index contributed by atoms with van der Waals surface area (Å²) in [5.74, 6) is 6.53. The van der Waals surface area contributed by atoms with Gasteiger partial charge in [0.2, 0.25) is 0 Å². The van der Waals surface area contributed by atoms with E-state index in [2.05, 4.69) is 56.0 Å². The molecule has 2 rings (SSSR count). The monoisotopic (exact) mass is 220 g/mol. The molecule has 0 saturated heterocycles. The molecule has 0 N–H and O–H groups in total. The van der Waals surface area contributed by atoms with Crippen molar-refractivity contribution in [3.8, 4) is 11.8 Å². The van der Waals surface area contributed by atoms with Crippen molar-refractivity contribution in [2.24, 2.45) is 0 Å². The summed E-state index contributed by atoms with van der Waals surface area (Å²) in [6, 6.07) is 16.6. The topological polar surface area (TPSA) is 0 Å². The molecule has 0 fully saturated rings. The van der Waals surface area contributed by atoms with Gasteiger partial charge in [-0.2, -0.15) is 0 Å². The minimum Gasteiger partial charge on any atom is -0.0619 e. The van der Waals surface area contributed by atoms with Gasteiger partial charge in [-0.15, -0.1) is 0 Å². The predicted octanol–water partition coefficient (Wildman–Crippen LogP) is 3.96. The Bertz CT molecular complexity index is 568. The van der Waals surface area contributed by atoms with Gasteiger partial charge in [0.1, 0.15) is 0 Å². The van der Waals surface area contributed by atoms with Crippen LogP contribution >= 0.6 is 0 Å². The second-order valence-electron chi connectivity index (χ2n) is 4.08. The molecule has 0 atom stereocenters. The first-order valence-corrected chi connectivity index (χ1v) is 5.97. The van der Waals surface area contributed by atoms with Crippen LogP contribution in [-0.4, -0.2) is 0 Å². The van der Waals surface area contributed by atoms with Crippen molar-refractivity contribution in [3.63, 3.8) is 0 Å². The fourth-order valence-electron chi connectivity index (χ4n) is 1.80. The van der Waals surface area contributed by atoms with E-state index in [-0.39, 0.29) is 0 Å². The first-order chi connectivity index (χ1) is 8.31. The first-order valence-electron chi connectivity index (χ1n) is 5.97. The molecule has 0 aromatic heterocycles. The summed E-state index contributed by atoms with van der Waals surface area (Å²) < 4.78 is 0. The van der Waals surface area contributed by atoms with Crippen molar-refractivity contribution in [2.75, 3.05) is 0 Å². The molecular weight excluding hydrogens is 204 g/mol. The van der Waals surface area contributed by atoms with Crippen LogP contribution in [0.15, 0.2) is 48.5 Å². The van der Waals surface area contributed by atoms with Crippen LogP contribution in [0.3, 0.4) is 0 Å². The van der Waals surface area contributed by atoms with Gasteiger partial charge < -0.3 is 0 Å². The molecule has 2 aromatic rings. The number of aryl methyl sites for hydroxylation is 2. The van der Waals surface area contributed by atoms with Crippen LogP contribution in [-0.2, 0) is 6.42 Å². The Morgan fingerprint density at radius 2 is 1.41 bits per heavy atom. The van der Waals surface area contributed by atoms with E-state index < -0.39 is 0 Å². The van der Waals surface area contributed by atoms with Crippen LogP contribution in [0.5, 0.6) is 0 Å². The summed E-state index contributed by atoms with van der Waals surface area (Å²) in [7, 11) is 0. The van der Waals surface area contributed by atoms with Crippen LogP contribution in [0.1, 0.15) is 29.2 Å². The van der Waals surface area contributed by atoms with Gasteiger partial charge in [0, 0.05) is 11.1 Å². The molecule has 0 unspecified atom stereocenters. The zero-order valence-corrected chi connectivity index (χ0v) is 10.3. The van der Waals surface area contributed by atoms with Crippen molar-refractivity contribution in [1.29, 1.82) is 0 Å². The molecule has 2 aromatic carbocycles. The van der Waals surface area contributed by atoms with Gasteiger partial charge in [-0.1, -0.05) is 55.2 Å². The summed E-state index contributed by atoms with van der Waals surface area (Å²) in [5, 5.41) is 0. The third-order valence-corrected chi connectivity index (χ3v) is 2.88. The lowest BCUT2D eigenvalue weighted by Crippen LogP contribution is -1.86. The zero-order chi connectivity index (χ0) is 12.1. The van der Waals surface area contributed by atoms with Crippen molar-refractivity contribution in [1.82, 2.24) is 0 Å². The van der Waals surface area contributed by atoms with Crippen molar-refractivity contribution < 1.29 is 0 Å². The first kappa shape index (κ1) is 11.5. The quantitative estimate of drug-likeness (QED) is 0.638. The fourth-order valence-corrected chi connectivity index (χ4v) is 1.80. The molecule has 0 saturated carbocycles. The molecule has 17 heavy (non-hydrogen) atoms. The van der Waals surface area contributed by atoms with Gasteiger partial charge in [-0.3, -0.25) is 0 Å². The average molecular weight is 220 g/mol. The van der Waals surface area contributed by atoms with E-state index in [0.29, 0.717) is 0 Å². The van der Waals surface area contributed by atoms with E-state index >= 15 is 0 Å². The summed E-state index contributed by atoms with van der Waals surface area (Å²) in [5.41, 5.74) is 4.79. The van der Waals surface area contributed by atoms with E-state index in [1.54, 1.807) is 0 Å². The lowest BCUT2D eigenvalue weighted by atomic mass is 10.0. The van der Waals surface area contributed by atoms with Crippen LogP contribution < -0.4 is 0 Å². The second-order valence-corrected chi connectivity index (χ2v) is 4.08. The molecule has 0 aliphatic rings. The Morgan fingerprint density at radius 1 is 0.824 bits per heavy atom. The van der Waals surface area contributed by atoms with Gasteiger partial charge in [-0.25, -0.2) is 0 Å². The Kier molecular flexibility index (Phi) is 3.62. The highest BCUT2D eigenvalue weighted by molar-refractivity contribution is 5.48. The van der Waals surface area contributed by atoms with E-state index in [4.69, 9.17) is 0 Å². The largest absolute Gasteiger partial charge is 0.0619 e. The van der Waals surface area contributed by atoms with E-state index in [1.165, 1.54) is 11.1 Å². The standard InChI is InChI=1S/C17H16/c1-3-15-9-6-7-11-17(15)13-12-16-10-5-4-8-14(16)2/h4-11H,3H2,1-2H3.